The molecule has 2 aliphatic carbocycles. The van der Waals surface area contributed by atoms with E-state index in [1.165, 1.54) is 31.2 Å². The summed E-state index contributed by atoms with van der Waals surface area (Å²) in [5.74, 6) is 0.926. The fourth-order valence-corrected chi connectivity index (χ4v) is 3.63. The van der Waals surface area contributed by atoms with Gasteiger partial charge in [0.15, 0.2) is 0 Å². The first-order valence-corrected chi connectivity index (χ1v) is 6.55. The van der Waals surface area contributed by atoms with Gasteiger partial charge in [-0.15, -0.1) is 0 Å². The van der Waals surface area contributed by atoms with Crippen LogP contribution in [0.25, 0.3) is 0 Å². The van der Waals surface area contributed by atoms with Gasteiger partial charge < -0.3 is 10.5 Å². The highest BCUT2D eigenvalue weighted by molar-refractivity contribution is 6.30. The van der Waals surface area contributed by atoms with Gasteiger partial charge in [-0.1, -0.05) is 11.6 Å². The van der Waals surface area contributed by atoms with Gasteiger partial charge in [0.2, 0.25) is 0 Å². The average Bonchev–Trinajstić information content (AvgIpc) is 3.06. The third-order valence-corrected chi connectivity index (χ3v) is 4.74. The fraction of sp³-hybridized carbons (Fsp3) is 0.571. The van der Waals surface area contributed by atoms with Crippen LogP contribution < -0.4 is 10.5 Å². The van der Waals surface area contributed by atoms with E-state index >= 15 is 0 Å². The second-order valence-electron chi connectivity index (χ2n) is 5.68. The minimum Gasteiger partial charge on any atom is -0.496 e. The molecule has 2 saturated carbocycles. The number of benzene rings is 1. The number of ether oxygens (including phenoxy) is 1. The smallest absolute Gasteiger partial charge is 0.122 e. The fourth-order valence-electron chi connectivity index (χ4n) is 3.45. The molecule has 92 valence electrons. The molecule has 0 radical (unpaired) electrons. The summed E-state index contributed by atoms with van der Waals surface area (Å²) < 4.78 is 5.46. The normalized spacial score (nSPS) is 23.2. The van der Waals surface area contributed by atoms with Crippen molar-refractivity contribution < 1.29 is 4.74 Å². The van der Waals surface area contributed by atoms with E-state index in [0.29, 0.717) is 12.0 Å². The molecule has 1 spiro atoms. The van der Waals surface area contributed by atoms with E-state index in [1.54, 1.807) is 7.11 Å². The molecule has 0 amide bonds. The zero-order valence-corrected chi connectivity index (χ0v) is 10.9. The molecule has 3 rings (SSSR count). The van der Waals surface area contributed by atoms with Crippen molar-refractivity contribution in [3.05, 3.63) is 28.8 Å². The van der Waals surface area contributed by atoms with Gasteiger partial charge in [-0.25, -0.2) is 0 Å². The van der Waals surface area contributed by atoms with Gasteiger partial charge in [0.05, 0.1) is 7.11 Å². The van der Waals surface area contributed by atoms with Gasteiger partial charge in [0, 0.05) is 22.5 Å². The van der Waals surface area contributed by atoms with Gasteiger partial charge in [0.1, 0.15) is 5.75 Å². The van der Waals surface area contributed by atoms with Gasteiger partial charge in [-0.3, -0.25) is 0 Å². The lowest BCUT2D eigenvalue weighted by atomic mass is 9.56. The summed E-state index contributed by atoms with van der Waals surface area (Å²) in [5, 5.41) is 0.769. The topological polar surface area (TPSA) is 35.2 Å². The molecule has 2 N–H and O–H groups in total. The van der Waals surface area contributed by atoms with Crippen LogP contribution in [0.3, 0.4) is 0 Å². The number of methoxy groups -OCH3 is 1. The molecule has 2 fully saturated rings. The van der Waals surface area contributed by atoms with Crippen LogP contribution in [0, 0.1) is 5.41 Å². The van der Waals surface area contributed by atoms with Gasteiger partial charge >= 0.3 is 0 Å². The number of nitrogens with two attached hydrogens (primary N) is 1. The highest BCUT2D eigenvalue weighted by Crippen LogP contribution is 2.69. The maximum atomic E-state index is 6.11. The monoisotopic (exact) mass is 251 g/mol. The van der Waals surface area contributed by atoms with Gasteiger partial charge in [0.25, 0.3) is 0 Å². The van der Waals surface area contributed by atoms with E-state index in [4.69, 9.17) is 22.1 Å². The Hall–Kier alpha value is -0.730. The van der Waals surface area contributed by atoms with Crippen molar-refractivity contribution in [1.29, 1.82) is 0 Å². The molecule has 0 heterocycles. The number of hydrogen-bond donors (Lipinski definition) is 1. The summed E-state index contributed by atoms with van der Waals surface area (Å²) in [6, 6.07) is 5.86. The summed E-state index contributed by atoms with van der Waals surface area (Å²) in [6.07, 6.45) is 5.15. The summed E-state index contributed by atoms with van der Waals surface area (Å²) in [4.78, 5) is 0. The Bertz CT molecular complexity index is 446. The lowest BCUT2D eigenvalue weighted by molar-refractivity contribution is 0.123. The van der Waals surface area contributed by atoms with Gasteiger partial charge in [-0.2, -0.15) is 0 Å². The van der Waals surface area contributed by atoms with Crippen LogP contribution in [0.1, 0.15) is 31.2 Å². The number of halogens is 1. The number of hydrogen-bond acceptors (Lipinski definition) is 2. The van der Waals surface area contributed by atoms with Crippen molar-refractivity contribution in [2.75, 3.05) is 13.7 Å². The lowest BCUT2D eigenvalue weighted by Crippen LogP contribution is -2.48. The van der Waals surface area contributed by atoms with Crippen molar-refractivity contribution in [3.8, 4) is 5.75 Å². The third kappa shape index (κ3) is 1.66. The van der Waals surface area contributed by atoms with Crippen LogP contribution in [0.4, 0.5) is 0 Å². The van der Waals surface area contributed by atoms with E-state index in [-0.39, 0.29) is 5.41 Å². The van der Waals surface area contributed by atoms with Crippen LogP contribution in [0.5, 0.6) is 5.75 Å². The molecule has 0 aliphatic heterocycles. The highest BCUT2D eigenvalue weighted by Gasteiger charge is 2.61. The van der Waals surface area contributed by atoms with E-state index in [2.05, 4.69) is 0 Å². The highest BCUT2D eigenvalue weighted by atomic mass is 35.5. The molecule has 0 aromatic heterocycles. The van der Waals surface area contributed by atoms with Crippen molar-refractivity contribution in [2.45, 2.75) is 31.1 Å². The maximum absolute atomic E-state index is 6.11. The molecule has 0 saturated heterocycles. The quantitative estimate of drug-likeness (QED) is 0.896. The van der Waals surface area contributed by atoms with Crippen LogP contribution in [-0.2, 0) is 5.41 Å². The molecular formula is C14H18ClNO. The zero-order chi connectivity index (χ0) is 12.1. The Morgan fingerprint density at radius 3 is 2.59 bits per heavy atom. The molecule has 1 aromatic carbocycles. The average molecular weight is 252 g/mol. The van der Waals surface area contributed by atoms with E-state index in [0.717, 1.165) is 10.8 Å². The molecule has 0 unspecified atom stereocenters. The van der Waals surface area contributed by atoms with Crippen LogP contribution in [0.2, 0.25) is 5.02 Å². The maximum Gasteiger partial charge on any atom is 0.122 e. The molecule has 17 heavy (non-hydrogen) atoms. The predicted octanol–water partition coefficient (Wildman–Crippen LogP) is 3.12. The Morgan fingerprint density at radius 1 is 1.35 bits per heavy atom. The van der Waals surface area contributed by atoms with E-state index < -0.39 is 0 Å². The molecule has 1 aromatic rings. The summed E-state index contributed by atoms with van der Waals surface area (Å²) in [7, 11) is 1.71. The summed E-state index contributed by atoms with van der Waals surface area (Å²) in [6.45, 7) is 0.686. The Morgan fingerprint density at radius 2 is 2.06 bits per heavy atom. The Kier molecular flexibility index (Phi) is 2.43. The zero-order valence-electron chi connectivity index (χ0n) is 10.1. The minimum absolute atomic E-state index is 0.104. The van der Waals surface area contributed by atoms with Crippen LogP contribution in [-0.4, -0.2) is 13.7 Å². The predicted molar refractivity (Wildman–Crippen MR) is 69.6 cm³/mol. The molecule has 0 atom stereocenters. The van der Waals surface area contributed by atoms with E-state index in [9.17, 15) is 0 Å². The van der Waals surface area contributed by atoms with Gasteiger partial charge in [-0.05, 0) is 49.3 Å². The summed E-state index contributed by atoms with van der Waals surface area (Å²) in [5.41, 5.74) is 7.95. The molecule has 0 bridgehead atoms. The van der Waals surface area contributed by atoms with Crippen LogP contribution >= 0.6 is 11.6 Å². The molecule has 3 heteroatoms. The summed E-state index contributed by atoms with van der Waals surface area (Å²) >= 11 is 6.11. The second kappa shape index (κ2) is 3.63. The standard InChI is InChI=1S/C14H18ClNO/c1-17-12-3-2-10(15)6-11(12)14(9-16)7-13(8-14)4-5-13/h2-3,6H,4-5,7-9,16H2,1H3. The first kappa shape index (κ1) is 11.4. The van der Waals surface area contributed by atoms with E-state index in [1.807, 2.05) is 18.2 Å². The Balaban J connectivity index is 1.98. The third-order valence-electron chi connectivity index (χ3n) is 4.51. The molecular weight excluding hydrogens is 234 g/mol. The molecule has 2 aliphatic rings. The molecule has 2 nitrogen and oxygen atoms in total. The number of rotatable bonds is 3. The van der Waals surface area contributed by atoms with Crippen LogP contribution in [0.15, 0.2) is 18.2 Å². The van der Waals surface area contributed by atoms with Crippen molar-refractivity contribution in [2.24, 2.45) is 11.1 Å². The SMILES string of the molecule is COc1ccc(Cl)cc1C1(CN)CC2(CC2)C1. The Labute approximate surface area is 107 Å². The van der Waals surface area contributed by atoms with Crippen molar-refractivity contribution >= 4 is 11.6 Å². The minimum atomic E-state index is 0.104. The van der Waals surface area contributed by atoms with Crippen molar-refractivity contribution in [3.63, 3.8) is 0 Å². The first-order chi connectivity index (χ1) is 8.13. The van der Waals surface area contributed by atoms with Crippen molar-refractivity contribution in [1.82, 2.24) is 0 Å². The second-order valence-corrected chi connectivity index (χ2v) is 6.12. The largest absolute Gasteiger partial charge is 0.496 e. The first-order valence-electron chi connectivity index (χ1n) is 6.17. The lowest BCUT2D eigenvalue weighted by Gasteiger charge is -2.49.